The number of hydrogen-bond donors (Lipinski definition) is 7. The lowest BCUT2D eigenvalue weighted by Crippen LogP contribution is -2.46. The average Bonchev–Trinajstić information content (AvgIpc) is 2.26. The van der Waals surface area contributed by atoms with E-state index in [2.05, 4.69) is 22.9 Å². The van der Waals surface area contributed by atoms with Crippen LogP contribution in [-0.2, 0) is 19.2 Å². The van der Waals surface area contributed by atoms with Crippen molar-refractivity contribution in [3.63, 3.8) is 0 Å². The van der Waals surface area contributed by atoms with Gasteiger partial charge in [-0.1, -0.05) is 0 Å². The van der Waals surface area contributed by atoms with Crippen LogP contribution in [0.1, 0.15) is 6.42 Å². The average molecular weight is 280 g/mol. The third-order valence-electron chi connectivity index (χ3n) is 1.61. The molecule has 0 heterocycles. The van der Waals surface area contributed by atoms with Crippen LogP contribution in [-0.4, -0.2) is 57.3 Å². The Labute approximate surface area is 107 Å². The first-order valence-corrected chi connectivity index (χ1v) is 4.71. The van der Waals surface area contributed by atoms with Crippen LogP contribution in [0.2, 0.25) is 0 Å². The summed E-state index contributed by atoms with van der Waals surface area (Å²) in [6.45, 7) is 0. The number of amides is 4. The molecular formula is C8H16N4O7. The molecule has 0 radical (unpaired) electrons. The molecule has 0 saturated heterocycles. The standard InChI is InChI=1S/C4H8N2O4.C4H8N2O3/c5-3(9)1(7)2(8)4(6)10;5-3(8)1-2(7)4(6)9/h1-2,7-8H,(H2,5,9)(H2,6,10);2,7H,1H2,(H2,5,8)(H2,6,9)/t1-,2-;2-/m10/s1. The number of hydrogen-bond acceptors (Lipinski definition) is 7. The van der Waals surface area contributed by atoms with Gasteiger partial charge in [0, 0.05) is 0 Å². The minimum absolute atomic E-state index is 0.407. The maximum Gasteiger partial charge on any atom is 0.249 e. The molecule has 0 aromatic rings. The molecule has 0 aromatic carbocycles. The van der Waals surface area contributed by atoms with Crippen molar-refractivity contribution >= 4 is 23.6 Å². The maximum atomic E-state index is 10.0. The van der Waals surface area contributed by atoms with Crippen LogP contribution >= 0.6 is 0 Å². The summed E-state index contributed by atoms with van der Waals surface area (Å²) in [5, 5.41) is 25.6. The van der Waals surface area contributed by atoms with Gasteiger partial charge in [0.1, 0.15) is 6.10 Å². The molecule has 0 aliphatic heterocycles. The molecule has 4 amide bonds. The minimum atomic E-state index is -1.92. The Balaban J connectivity index is 0. The molecule has 11 N–H and O–H groups in total. The second-order valence-electron chi connectivity index (χ2n) is 3.28. The number of primary amides is 4. The molecule has 0 aromatic heterocycles. The molecule has 19 heavy (non-hydrogen) atoms. The van der Waals surface area contributed by atoms with Crippen LogP contribution in [0, 0.1) is 0 Å². The number of aliphatic hydroxyl groups excluding tert-OH is 3. The number of rotatable bonds is 6. The monoisotopic (exact) mass is 280 g/mol. The van der Waals surface area contributed by atoms with Gasteiger partial charge in [-0.05, 0) is 0 Å². The summed E-state index contributed by atoms with van der Waals surface area (Å²) in [6, 6.07) is 0. The van der Waals surface area contributed by atoms with E-state index in [-0.39, 0.29) is 0 Å². The van der Waals surface area contributed by atoms with Gasteiger partial charge in [0.05, 0.1) is 6.42 Å². The first-order chi connectivity index (χ1) is 8.50. The highest BCUT2D eigenvalue weighted by Crippen LogP contribution is 1.89. The van der Waals surface area contributed by atoms with E-state index >= 15 is 0 Å². The molecular weight excluding hydrogens is 264 g/mol. The van der Waals surface area contributed by atoms with Gasteiger partial charge >= 0.3 is 0 Å². The molecule has 11 heteroatoms. The fraction of sp³-hybridized carbons (Fsp3) is 0.500. The molecule has 0 aliphatic rings. The summed E-state index contributed by atoms with van der Waals surface area (Å²) >= 11 is 0. The highest BCUT2D eigenvalue weighted by Gasteiger charge is 2.26. The molecule has 11 nitrogen and oxygen atoms in total. The van der Waals surface area contributed by atoms with Crippen LogP contribution in [0.4, 0.5) is 0 Å². The number of nitrogens with two attached hydrogens (primary N) is 4. The Morgan fingerprint density at radius 2 is 1.05 bits per heavy atom. The lowest BCUT2D eigenvalue weighted by atomic mass is 10.2. The lowest BCUT2D eigenvalue weighted by Gasteiger charge is -2.09. The molecule has 0 rings (SSSR count). The van der Waals surface area contributed by atoms with E-state index in [1.165, 1.54) is 0 Å². The van der Waals surface area contributed by atoms with Crippen LogP contribution in [0.15, 0.2) is 0 Å². The predicted molar refractivity (Wildman–Crippen MR) is 59.4 cm³/mol. The smallest absolute Gasteiger partial charge is 0.249 e. The molecule has 0 unspecified atom stereocenters. The second-order valence-corrected chi connectivity index (χ2v) is 3.28. The first kappa shape index (κ1) is 19.1. The van der Waals surface area contributed by atoms with Crippen molar-refractivity contribution in [3.05, 3.63) is 0 Å². The summed E-state index contributed by atoms with van der Waals surface area (Å²) in [5.74, 6) is -4.06. The van der Waals surface area contributed by atoms with Gasteiger partial charge < -0.3 is 38.3 Å². The Morgan fingerprint density at radius 3 is 1.16 bits per heavy atom. The summed E-state index contributed by atoms with van der Waals surface area (Å²) in [7, 11) is 0. The first-order valence-electron chi connectivity index (χ1n) is 4.71. The zero-order valence-corrected chi connectivity index (χ0v) is 9.72. The molecule has 0 aliphatic carbocycles. The van der Waals surface area contributed by atoms with Crippen LogP contribution < -0.4 is 22.9 Å². The maximum absolute atomic E-state index is 10.0. The van der Waals surface area contributed by atoms with E-state index in [0.717, 1.165) is 0 Å². The van der Waals surface area contributed by atoms with Crippen LogP contribution in [0.25, 0.3) is 0 Å². The van der Waals surface area contributed by atoms with E-state index in [9.17, 15) is 19.2 Å². The number of aliphatic hydroxyl groups is 3. The normalized spacial score (nSPS) is 14.3. The molecule has 0 bridgehead atoms. The van der Waals surface area contributed by atoms with Gasteiger partial charge in [0.2, 0.25) is 23.6 Å². The SMILES string of the molecule is NC(=O)C[C@H](O)C(N)=O.NC(=O)[C@H](O)[C@@H](O)C(N)=O. The summed E-state index contributed by atoms with van der Waals surface area (Å²) in [4.78, 5) is 40.1. The van der Waals surface area contributed by atoms with E-state index in [1.54, 1.807) is 0 Å². The van der Waals surface area contributed by atoms with Crippen LogP contribution in [0.5, 0.6) is 0 Å². The Morgan fingerprint density at radius 1 is 0.737 bits per heavy atom. The molecule has 3 atom stereocenters. The van der Waals surface area contributed by atoms with Crippen molar-refractivity contribution in [2.45, 2.75) is 24.7 Å². The zero-order valence-electron chi connectivity index (χ0n) is 9.72. The van der Waals surface area contributed by atoms with Gasteiger partial charge in [-0.25, -0.2) is 0 Å². The highest BCUT2D eigenvalue weighted by atomic mass is 16.3. The van der Waals surface area contributed by atoms with Crippen molar-refractivity contribution in [1.29, 1.82) is 0 Å². The quantitative estimate of drug-likeness (QED) is 0.249. The fourth-order valence-corrected chi connectivity index (χ4v) is 0.602. The largest absolute Gasteiger partial charge is 0.383 e. The molecule has 110 valence electrons. The summed E-state index contributed by atoms with van der Waals surface area (Å²) in [6.07, 6.45) is -5.69. The zero-order chi connectivity index (χ0) is 15.7. The Kier molecular flexibility index (Phi) is 8.84. The van der Waals surface area contributed by atoms with Crippen molar-refractivity contribution < 1.29 is 34.5 Å². The van der Waals surface area contributed by atoms with Crippen LogP contribution in [0.3, 0.4) is 0 Å². The van der Waals surface area contributed by atoms with E-state index in [1.807, 2.05) is 0 Å². The summed E-state index contributed by atoms with van der Waals surface area (Å²) in [5.41, 5.74) is 18.2. The molecule has 0 saturated carbocycles. The Bertz CT molecular complexity index is 341. The minimum Gasteiger partial charge on any atom is -0.383 e. The van der Waals surface area contributed by atoms with Gasteiger partial charge in [-0.15, -0.1) is 0 Å². The third-order valence-corrected chi connectivity index (χ3v) is 1.61. The van der Waals surface area contributed by atoms with Gasteiger partial charge in [0.25, 0.3) is 0 Å². The van der Waals surface area contributed by atoms with Crippen molar-refractivity contribution in [3.8, 4) is 0 Å². The molecule has 0 fully saturated rings. The second kappa shape index (κ2) is 8.79. The van der Waals surface area contributed by atoms with Gasteiger partial charge in [-0.2, -0.15) is 0 Å². The van der Waals surface area contributed by atoms with Gasteiger partial charge in [-0.3, -0.25) is 19.2 Å². The Hall–Kier alpha value is -2.24. The topological polar surface area (TPSA) is 233 Å². The fourth-order valence-electron chi connectivity index (χ4n) is 0.602. The predicted octanol–water partition coefficient (Wildman–Crippen LogP) is -5.61. The van der Waals surface area contributed by atoms with Crippen molar-refractivity contribution in [2.24, 2.45) is 22.9 Å². The highest BCUT2D eigenvalue weighted by molar-refractivity contribution is 5.88. The van der Waals surface area contributed by atoms with Gasteiger partial charge in [0.15, 0.2) is 12.2 Å². The number of carbonyl (C=O) groups is 4. The van der Waals surface area contributed by atoms with E-state index in [4.69, 9.17) is 15.3 Å². The van der Waals surface area contributed by atoms with E-state index < -0.39 is 48.4 Å². The lowest BCUT2D eigenvalue weighted by molar-refractivity contribution is -0.142. The van der Waals surface area contributed by atoms with E-state index in [0.29, 0.717) is 0 Å². The molecule has 0 spiro atoms. The van der Waals surface area contributed by atoms with Crippen molar-refractivity contribution in [1.82, 2.24) is 0 Å². The summed E-state index contributed by atoms with van der Waals surface area (Å²) < 4.78 is 0. The third kappa shape index (κ3) is 9.46. The van der Waals surface area contributed by atoms with Crippen molar-refractivity contribution in [2.75, 3.05) is 0 Å². The number of carbonyl (C=O) groups excluding carboxylic acids is 4.